The minimum atomic E-state index is 0.289. The maximum Gasteiger partial charge on any atom is 0.142 e. The van der Waals surface area contributed by atoms with E-state index in [0.29, 0.717) is 22.2 Å². The number of nitrogens with two attached hydrogens (primary N) is 2. The first-order chi connectivity index (χ1) is 18.1. The van der Waals surface area contributed by atoms with Crippen molar-refractivity contribution in [2.45, 2.75) is 125 Å². The lowest BCUT2D eigenvalue weighted by Gasteiger charge is -2.61. The fourth-order valence-corrected chi connectivity index (χ4v) is 9.99. The number of hydrogen-bond acceptors (Lipinski definition) is 3. The van der Waals surface area contributed by atoms with Gasteiger partial charge in [-0.2, -0.15) is 0 Å². The molecule has 3 heteroatoms. The Morgan fingerprint density at radius 3 is 2.39 bits per heavy atom. The predicted molar refractivity (Wildman–Crippen MR) is 164 cm³/mol. The van der Waals surface area contributed by atoms with Crippen molar-refractivity contribution in [2.24, 2.45) is 46.3 Å². The summed E-state index contributed by atoms with van der Waals surface area (Å²) in [4.78, 5) is 0. The van der Waals surface area contributed by atoms with Crippen LogP contribution in [0.1, 0.15) is 119 Å². The molecule has 0 amide bonds. The van der Waals surface area contributed by atoms with E-state index in [1.165, 1.54) is 69.8 Å². The summed E-state index contributed by atoms with van der Waals surface area (Å²) in [5.41, 5.74) is 16.0. The van der Waals surface area contributed by atoms with Crippen LogP contribution < -0.4 is 16.2 Å². The maximum atomic E-state index is 6.46. The molecule has 38 heavy (non-hydrogen) atoms. The van der Waals surface area contributed by atoms with Gasteiger partial charge in [-0.15, -0.1) is 0 Å². The molecule has 9 atom stereocenters. The Kier molecular flexibility index (Phi) is 9.15. The first-order valence-corrected chi connectivity index (χ1v) is 16.1. The molecule has 4 fully saturated rings. The van der Waals surface area contributed by atoms with Gasteiger partial charge in [0.15, 0.2) is 0 Å². The van der Waals surface area contributed by atoms with Gasteiger partial charge in [-0.05, 0) is 149 Å². The van der Waals surface area contributed by atoms with E-state index in [1.54, 1.807) is 0 Å². The number of nitrogen functional groups attached to an aromatic ring is 2. The summed E-state index contributed by atoms with van der Waals surface area (Å²) >= 11 is 0. The van der Waals surface area contributed by atoms with Crippen molar-refractivity contribution < 1.29 is 4.74 Å². The lowest BCUT2D eigenvalue weighted by Crippen LogP contribution is -2.54. The lowest BCUT2D eigenvalue weighted by molar-refractivity contribution is -0.126. The van der Waals surface area contributed by atoms with Crippen LogP contribution in [0.4, 0.5) is 11.4 Å². The summed E-state index contributed by atoms with van der Waals surface area (Å²) in [5, 5.41) is 0. The average molecular weight is 523 g/mol. The van der Waals surface area contributed by atoms with Gasteiger partial charge in [0.05, 0.1) is 11.8 Å². The molecule has 0 aromatic heterocycles. The highest BCUT2D eigenvalue weighted by molar-refractivity contribution is 5.60. The molecule has 9 unspecified atom stereocenters. The van der Waals surface area contributed by atoms with E-state index in [9.17, 15) is 0 Å². The van der Waals surface area contributed by atoms with Crippen LogP contribution >= 0.6 is 0 Å². The van der Waals surface area contributed by atoms with E-state index in [0.717, 1.165) is 47.7 Å². The molecular weight excluding hydrogens is 464 g/mol. The molecule has 0 radical (unpaired) electrons. The predicted octanol–water partition coefficient (Wildman–Crippen LogP) is 9.67. The van der Waals surface area contributed by atoms with Crippen LogP contribution in [-0.4, -0.2) is 6.10 Å². The molecule has 4 N–H and O–H groups in total. The third-order valence-electron chi connectivity index (χ3n) is 11.9. The number of rotatable bonds is 6. The van der Waals surface area contributed by atoms with Crippen molar-refractivity contribution >= 4 is 11.4 Å². The zero-order valence-electron chi connectivity index (χ0n) is 25.7. The number of ether oxygens (including phenoxy) is 1. The van der Waals surface area contributed by atoms with Gasteiger partial charge in [0, 0.05) is 5.69 Å². The Hall–Kier alpha value is -1.64. The van der Waals surface area contributed by atoms with E-state index in [-0.39, 0.29) is 6.10 Å². The molecule has 214 valence electrons. The summed E-state index contributed by atoms with van der Waals surface area (Å²) in [6.45, 7) is 16.4. The second-order valence-corrected chi connectivity index (χ2v) is 14.0. The number of allylic oxidation sites excluding steroid dienone is 2. The largest absolute Gasteiger partial charge is 0.488 e. The molecule has 4 aliphatic carbocycles. The van der Waals surface area contributed by atoms with Crippen LogP contribution in [0.15, 0.2) is 29.8 Å². The molecule has 1 aromatic carbocycles. The fraction of sp³-hybridized carbons (Fsp3) is 0.771. The van der Waals surface area contributed by atoms with Gasteiger partial charge < -0.3 is 16.2 Å². The smallest absolute Gasteiger partial charge is 0.142 e. The van der Waals surface area contributed by atoms with Gasteiger partial charge in [-0.25, -0.2) is 0 Å². The summed E-state index contributed by atoms with van der Waals surface area (Å²) in [6, 6.07) is 5.68. The van der Waals surface area contributed by atoms with Gasteiger partial charge >= 0.3 is 0 Å². The summed E-state index contributed by atoms with van der Waals surface area (Å²) < 4.78 is 6.46. The second kappa shape index (κ2) is 11.8. The Labute approximate surface area is 234 Å². The lowest BCUT2D eigenvalue weighted by atomic mass is 9.44. The Morgan fingerprint density at radius 1 is 0.974 bits per heavy atom. The van der Waals surface area contributed by atoms with E-state index < -0.39 is 0 Å². The second-order valence-electron chi connectivity index (χ2n) is 14.0. The summed E-state index contributed by atoms with van der Waals surface area (Å²) in [7, 11) is 0. The molecular formula is C35H58N2O. The van der Waals surface area contributed by atoms with Gasteiger partial charge in [0.1, 0.15) is 5.75 Å². The topological polar surface area (TPSA) is 61.3 Å². The minimum Gasteiger partial charge on any atom is -0.488 e. The van der Waals surface area contributed by atoms with Crippen molar-refractivity contribution in [3.8, 4) is 5.75 Å². The van der Waals surface area contributed by atoms with Gasteiger partial charge in [-0.3, -0.25) is 0 Å². The molecule has 3 nitrogen and oxygen atoms in total. The van der Waals surface area contributed by atoms with E-state index in [2.05, 4.69) is 40.7 Å². The van der Waals surface area contributed by atoms with E-state index in [4.69, 9.17) is 16.2 Å². The molecule has 0 saturated heterocycles. The number of hydrogen-bond donors (Lipinski definition) is 2. The van der Waals surface area contributed by atoms with Crippen LogP contribution in [0.2, 0.25) is 0 Å². The van der Waals surface area contributed by atoms with Gasteiger partial charge in [0.25, 0.3) is 0 Å². The van der Waals surface area contributed by atoms with E-state index >= 15 is 0 Å². The normalized spacial score (nSPS) is 38.5. The molecule has 0 aliphatic heterocycles. The Bertz CT molecular complexity index is 967. The molecule has 0 spiro atoms. The molecule has 0 bridgehead atoms. The van der Waals surface area contributed by atoms with Gasteiger partial charge in [0.2, 0.25) is 0 Å². The first kappa shape index (κ1) is 29.3. The average Bonchev–Trinajstić information content (AvgIpc) is 3.24. The highest BCUT2D eigenvalue weighted by atomic mass is 16.5. The minimum absolute atomic E-state index is 0.289. The number of benzene rings is 1. The molecule has 4 aliphatic rings. The SMILES string of the molecule is CC.CC(C)=CCCC(C)C1CCC2C3CCC4CC(Oc5ccc(N)cc5N)CCC4(C)C3CCC12C. The molecule has 5 rings (SSSR count). The van der Waals surface area contributed by atoms with Crippen molar-refractivity contribution in [3.05, 3.63) is 29.8 Å². The van der Waals surface area contributed by atoms with Crippen molar-refractivity contribution in [1.29, 1.82) is 0 Å². The van der Waals surface area contributed by atoms with Crippen molar-refractivity contribution in [2.75, 3.05) is 11.5 Å². The Morgan fingerprint density at radius 2 is 1.68 bits per heavy atom. The standard InChI is InChI=1S/C33H52N2O.C2H6/c1-21(2)7-6-8-22(3)27-12-13-28-26-11-9-23-19-25(36-31-14-10-24(34)20-30(31)35)15-17-32(23,4)29(26)16-18-33(27,28)5;1-2/h7,10,14,20,22-23,25-29H,6,8-9,11-13,15-19,34-35H2,1-5H3;1-2H3. The third-order valence-corrected chi connectivity index (χ3v) is 11.9. The van der Waals surface area contributed by atoms with Crippen molar-refractivity contribution in [3.63, 3.8) is 0 Å². The third kappa shape index (κ3) is 5.50. The molecule has 0 heterocycles. The summed E-state index contributed by atoms with van der Waals surface area (Å²) in [5.74, 6) is 6.20. The van der Waals surface area contributed by atoms with E-state index in [1.807, 2.05) is 32.0 Å². The maximum absolute atomic E-state index is 6.46. The van der Waals surface area contributed by atoms with Crippen LogP contribution in [0.3, 0.4) is 0 Å². The zero-order valence-corrected chi connectivity index (χ0v) is 25.7. The quantitative estimate of drug-likeness (QED) is 0.289. The van der Waals surface area contributed by atoms with Crippen LogP contribution in [0.25, 0.3) is 0 Å². The monoisotopic (exact) mass is 522 g/mol. The first-order valence-electron chi connectivity index (χ1n) is 16.1. The molecule has 1 aromatic rings. The van der Waals surface area contributed by atoms with Crippen LogP contribution in [0, 0.1) is 46.3 Å². The fourth-order valence-electron chi connectivity index (χ4n) is 9.99. The van der Waals surface area contributed by atoms with Crippen LogP contribution in [-0.2, 0) is 0 Å². The number of fused-ring (bicyclic) bond motifs is 5. The number of anilines is 2. The zero-order chi connectivity index (χ0) is 27.7. The van der Waals surface area contributed by atoms with Crippen LogP contribution in [0.5, 0.6) is 5.75 Å². The van der Waals surface area contributed by atoms with Gasteiger partial charge in [-0.1, -0.05) is 46.3 Å². The molecule has 4 saturated carbocycles. The highest BCUT2D eigenvalue weighted by Crippen LogP contribution is 2.68. The Balaban J connectivity index is 0.00000164. The highest BCUT2D eigenvalue weighted by Gasteiger charge is 2.60. The summed E-state index contributed by atoms with van der Waals surface area (Å²) in [6.07, 6.45) is 17.7. The van der Waals surface area contributed by atoms with Crippen molar-refractivity contribution in [1.82, 2.24) is 0 Å².